The Morgan fingerprint density at radius 3 is 2.43 bits per heavy atom. The first kappa shape index (κ1) is 24.7. The van der Waals surface area contributed by atoms with Crippen molar-refractivity contribution in [1.29, 1.82) is 0 Å². The fraction of sp³-hybridized carbons (Fsp3) is 0.450. The van der Waals surface area contributed by atoms with Crippen LogP contribution in [0.5, 0.6) is 0 Å². The largest absolute Gasteiger partial charge is 0.385 e. The van der Waals surface area contributed by atoms with Crippen molar-refractivity contribution in [3.8, 4) is 11.3 Å². The summed E-state index contributed by atoms with van der Waals surface area (Å²) in [5.74, 6) is 0.733. The van der Waals surface area contributed by atoms with Gasteiger partial charge in [-0.15, -0.1) is 24.8 Å². The lowest BCUT2D eigenvalue weighted by molar-refractivity contribution is 0.324. The highest BCUT2D eigenvalue weighted by atomic mass is 35.5. The van der Waals surface area contributed by atoms with Crippen molar-refractivity contribution in [2.75, 3.05) is 17.6 Å². The minimum atomic E-state index is -3.09. The van der Waals surface area contributed by atoms with Gasteiger partial charge in [0.1, 0.15) is 0 Å². The number of nitrogens with one attached hydrogen (secondary N) is 2. The highest BCUT2D eigenvalue weighted by Crippen LogP contribution is 2.26. The van der Waals surface area contributed by atoms with Gasteiger partial charge < -0.3 is 5.32 Å². The molecule has 5 nitrogen and oxygen atoms in total. The standard InChI is InChI=1S/C20H27N3O2S.2ClH/c1-2-26(24,25)23-18-11-9-16(10-12-18)15-22-19-7-5-6-17(14-19)20-8-3-4-13-21-20;;/h3-8,13-14,16,18,22-23H,2,9-12,15H2,1H3;2*1H. The molecule has 1 fully saturated rings. The second-order valence-corrected chi connectivity index (χ2v) is 8.96. The summed E-state index contributed by atoms with van der Waals surface area (Å²) in [4.78, 5) is 4.40. The fourth-order valence-corrected chi connectivity index (χ4v) is 4.32. The maximum absolute atomic E-state index is 11.7. The molecule has 1 aliphatic rings. The monoisotopic (exact) mass is 445 g/mol. The Balaban J connectivity index is 0.00000196. The molecule has 28 heavy (non-hydrogen) atoms. The molecule has 0 unspecified atom stereocenters. The van der Waals surface area contributed by atoms with Crippen molar-refractivity contribution in [2.24, 2.45) is 5.92 Å². The molecule has 2 aromatic rings. The minimum Gasteiger partial charge on any atom is -0.385 e. The molecule has 1 aromatic heterocycles. The van der Waals surface area contributed by atoms with Gasteiger partial charge in [-0.05, 0) is 62.8 Å². The lowest BCUT2D eigenvalue weighted by Gasteiger charge is -2.29. The molecule has 156 valence electrons. The topological polar surface area (TPSA) is 71.1 Å². The van der Waals surface area contributed by atoms with Crippen LogP contribution in [-0.4, -0.2) is 31.7 Å². The van der Waals surface area contributed by atoms with Crippen LogP contribution < -0.4 is 10.0 Å². The van der Waals surface area contributed by atoms with Gasteiger partial charge in [0.2, 0.25) is 10.0 Å². The van der Waals surface area contributed by atoms with Crippen LogP contribution in [0.1, 0.15) is 32.6 Å². The summed E-state index contributed by atoms with van der Waals surface area (Å²) in [5.41, 5.74) is 3.18. The highest BCUT2D eigenvalue weighted by molar-refractivity contribution is 7.89. The third-order valence-corrected chi connectivity index (χ3v) is 6.44. The normalized spacial score (nSPS) is 19.2. The minimum absolute atomic E-state index is 0. The lowest BCUT2D eigenvalue weighted by atomic mass is 9.86. The molecular weight excluding hydrogens is 417 g/mol. The van der Waals surface area contributed by atoms with E-state index in [-0.39, 0.29) is 36.6 Å². The average molecular weight is 446 g/mol. The van der Waals surface area contributed by atoms with Crippen LogP contribution in [0.25, 0.3) is 11.3 Å². The van der Waals surface area contributed by atoms with Gasteiger partial charge >= 0.3 is 0 Å². The Labute approximate surface area is 180 Å². The molecular formula is C20H29Cl2N3O2S. The van der Waals surface area contributed by atoms with Crippen molar-refractivity contribution in [2.45, 2.75) is 38.6 Å². The lowest BCUT2D eigenvalue weighted by Crippen LogP contribution is -2.39. The third kappa shape index (κ3) is 7.24. The Kier molecular flexibility index (Phi) is 10.2. The summed E-state index contributed by atoms with van der Waals surface area (Å²) >= 11 is 0. The maximum atomic E-state index is 11.7. The Bertz CT molecular complexity index is 811. The quantitative estimate of drug-likeness (QED) is 0.657. The van der Waals surface area contributed by atoms with Crippen LogP contribution in [0.2, 0.25) is 0 Å². The second kappa shape index (κ2) is 11.6. The Hall–Kier alpha value is -1.34. The third-order valence-electron chi connectivity index (χ3n) is 4.99. The second-order valence-electron chi connectivity index (χ2n) is 6.92. The van der Waals surface area contributed by atoms with Crippen molar-refractivity contribution >= 4 is 40.5 Å². The number of rotatable bonds is 7. The number of aromatic nitrogens is 1. The summed E-state index contributed by atoms with van der Waals surface area (Å²) in [6.07, 6.45) is 5.73. The SMILES string of the molecule is CCS(=O)(=O)NC1CCC(CNc2cccc(-c3ccccn3)c2)CC1.Cl.Cl. The number of benzene rings is 1. The van der Waals surface area contributed by atoms with Crippen LogP contribution >= 0.6 is 24.8 Å². The number of anilines is 1. The summed E-state index contributed by atoms with van der Waals surface area (Å²) in [6.45, 7) is 2.59. The summed E-state index contributed by atoms with van der Waals surface area (Å²) < 4.78 is 26.2. The molecule has 1 saturated carbocycles. The maximum Gasteiger partial charge on any atom is 0.211 e. The van der Waals surface area contributed by atoms with E-state index in [1.54, 1.807) is 13.1 Å². The van der Waals surface area contributed by atoms with Crippen molar-refractivity contribution in [3.63, 3.8) is 0 Å². The van der Waals surface area contributed by atoms with Gasteiger partial charge in [-0.25, -0.2) is 13.1 Å². The van der Waals surface area contributed by atoms with E-state index in [0.717, 1.165) is 49.2 Å². The molecule has 0 atom stereocenters. The van der Waals surface area contributed by atoms with Crippen molar-refractivity contribution < 1.29 is 8.42 Å². The molecule has 8 heteroatoms. The van der Waals surface area contributed by atoms with Gasteiger partial charge in [0.25, 0.3) is 0 Å². The predicted molar refractivity (Wildman–Crippen MR) is 121 cm³/mol. The molecule has 1 aliphatic carbocycles. The molecule has 3 rings (SSSR count). The van der Waals surface area contributed by atoms with E-state index in [1.807, 2.05) is 24.3 Å². The van der Waals surface area contributed by atoms with E-state index in [1.165, 1.54) is 0 Å². The predicted octanol–water partition coefficient (Wildman–Crippen LogP) is 4.50. The van der Waals surface area contributed by atoms with Crippen LogP contribution in [0.4, 0.5) is 5.69 Å². The summed E-state index contributed by atoms with van der Waals surface area (Å²) in [6, 6.07) is 14.3. The van der Waals surface area contributed by atoms with Gasteiger partial charge in [-0.3, -0.25) is 4.98 Å². The number of hydrogen-bond acceptors (Lipinski definition) is 4. The number of nitrogens with zero attached hydrogens (tertiary/aromatic N) is 1. The zero-order valence-electron chi connectivity index (χ0n) is 16.0. The first-order chi connectivity index (χ1) is 12.6. The smallest absolute Gasteiger partial charge is 0.211 e. The molecule has 1 aromatic carbocycles. The molecule has 0 saturated heterocycles. The van der Waals surface area contributed by atoms with E-state index in [9.17, 15) is 8.42 Å². The zero-order chi connectivity index (χ0) is 18.4. The fourth-order valence-electron chi connectivity index (χ4n) is 3.41. The van der Waals surface area contributed by atoms with Crippen molar-refractivity contribution in [1.82, 2.24) is 9.71 Å². The highest BCUT2D eigenvalue weighted by Gasteiger charge is 2.23. The van der Waals surface area contributed by atoms with E-state index in [4.69, 9.17) is 0 Å². The molecule has 0 aliphatic heterocycles. The van der Waals surface area contributed by atoms with Gasteiger partial charge in [0.05, 0.1) is 11.4 Å². The van der Waals surface area contributed by atoms with E-state index < -0.39 is 10.0 Å². The van der Waals surface area contributed by atoms with Crippen LogP contribution in [0, 0.1) is 5.92 Å². The first-order valence-electron chi connectivity index (χ1n) is 9.31. The molecule has 1 heterocycles. The molecule has 2 N–H and O–H groups in total. The number of pyridine rings is 1. The number of hydrogen-bond donors (Lipinski definition) is 2. The van der Waals surface area contributed by atoms with Gasteiger partial charge in [0, 0.05) is 30.0 Å². The molecule has 0 amide bonds. The summed E-state index contributed by atoms with van der Waals surface area (Å²) in [5, 5.41) is 3.53. The van der Waals surface area contributed by atoms with Gasteiger partial charge in [-0.1, -0.05) is 18.2 Å². The van der Waals surface area contributed by atoms with Crippen molar-refractivity contribution in [3.05, 3.63) is 48.7 Å². The molecule has 0 spiro atoms. The molecule has 0 radical (unpaired) electrons. The zero-order valence-corrected chi connectivity index (χ0v) is 18.5. The van der Waals surface area contributed by atoms with Gasteiger partial charge in [0.15, 0.2) is 0 Å². The van der Waals surface area contributed by atoms with Crippen LogP contribution in [-0.2, 0) is 10.0 Å². The Morgan fingerprint density at radius 1 is 1.04 bits per heavy atom. The van der Waals surface area contributed by atoms with E-state index >= 15 is 0 Å². The van der Waals surface area contributed by atoms with Gasteiger partial charge in [-0.2, -0.15) is 0 Å². The van der Waals surface area contributed by atoms with E-state index in [0.29, 0.717) is 5.92 Å². The molecule has 0 bridgehead atoms. The average Bonchev–Trinajstić information content (AvgIpc) is 2.68. The number of sulfonamides is 1. The summed E-state index contributed by atoms with van der Waals surface area (Å²) in [7, 11) is -3.09. The number of halogens is 2. The first-order valence-corrected chi connectivity index (χ1v) is 11.0. The Morgan fingerprint density at radius 2 is 1.79 bits per heavy atom. The van der Waals surface area contributed by atoms with Crippen LogP contribution in [0.3, 0.4) is 0 Å². The van der Waals surface area contributed by atoms with Crippen LogP contribution in [0.15, 0.2) is 48.7 Å². The van der Waals surface area contributed by atoms with E-state index in [2.05, 4.69) is 33.2 Å².